The first-order chi connectivity index (χ1) is 15.8. The average molecular weight is 544 g/mol. The summed E-state index contributed by atoms with van der Waals surface area (Å²) in [6.07, 6.45) is -11.7. The van der Waals surface area contributed by atoms with Crippen LogP contribution < -0.4 is 5.32 Å². The van der Waals surface area contributed by atoms with Crippen LogP contribution in [0.2, 0.25) is 15.1 Å². The summed E-state index contributed by atoms with van der Waals surface area (Å²) in [4.78, 5) is 16.2. The van der Waals surface area contributed by atoms with Crippen LogP contribution in [0.4, 0.5) is 36.8 Å². The van der Waals surface area contributed by atoms with Crippen LogP contribution in [0.5, 0.6) is 0 Å². The SMILES string of the molecule is O=C(Nc1cccc(C(F)(F)F)c1)O[C@@H](c1ccc(Cl)cc1Cl)c1ncc(C(F)(F)F)cc1Cl. The number of rotatable bonds is 4. The molecule has 3 rings (SSSR count). The number of hydrogen-bond acceptors (Lipinski definition) is 3. The summed E-state index contributed by atoms with van der Waals surface area (Å²) < 4.78 is 83.0. The molecule has 4 nitrogen and oxygen atoms in total. The Bertz CT molecular complexity index is 1220. The Morgan fingerprint density at radius 3 is 2.15 bits per heavy atom. The quantitative estimate of drug-likeness (QED) is 0.336. The summed E-state index contributed by atoms with van der Waals surface area (Å²) in [5, 5.41) is 1.83. The molecule has 1 amide bonds. The molecular formula is C21H11Cl3F6N2O2. The number of hydrogen-bond donors (Lipinski definition) is 1. The van der Waals surface area contributed by atoms with Crippen molar-refractivity contribution >= 4 is 46.6 Å². The number of nitrogens with zero attached hydrogens (tertiary/aromatic N) is 1. The largest absolute Gasteiger partial charge is 0.434 e. The Morgan fingerprint density at radius 2 is 1.56 bits per heavy atom. The van der Waals surface area contributed by atoms with Crippen molar-refractivity contribution in [3.8, 4) is 0 Å². The molecule has 13 heteroatoms. The van der Waals surface area contributed by atoms with Crippen LogP contribution in [0, 0.1) is 0 Å². The summed E-state index contributed by atoms with van der Waals surface area (Å²) in [5.74, 6) is 0. The second-order valence-electron chi connectivity index (χ2n) is 6.74. The van der Waals surface area contributed by atoms with Gasteiger partial charge in [-0.2, -0.15) is 26.3 Å². The van der Waals surface area contributed by atoms with Gasteiger partial charge in [-0.3, -0.25) is 10.3 Å². The van der Waals surface area contributed by atoms with Crippen LogP contribution >= 0.6 is 34.8 Å². The molecule has 0 saturated carbocycles. The number of alkyl halides is 6. The first-order valence-electron chi connectivity index (χ1n) is 9.08. The molecule has 34 heavy (non-hydrogen) atoms. The molecule has 180 valence electrons. The summed E-state index contributed by atoms with van der Waals surface area (Å²) in [6, 6.07) is 8.33. The van der Waals surface area contributed by atoms with Gasteiger partial charge in [-0.1, -0.05) is 46.9 Å². The minimum absolute atomic E-state index is 0.0258. The maximum absolute atomic E-state index is 13.0. The average Bonchev–Trinajstić information content (AvgIpc) is 2.71. The normalized spacial score (nSPS) is 12.9. The highest BCUT2D eigenvalue weighted by molar-refractivity contribution is 6.35. The number of carbonyl (C=O) groups excluding carboxylic acids is 1. The molecule has 0 unspecified atom stereocenters. The molecule has 0 bridgehead atoms. The molecule has 0 radical (unpaired) electrons. The smallest absolute Gasteiger partial charge is 0.417 e. The minimum Gasteiger partial charge on any atom is -0.434 e. The predicted molar refractivity (Wildman–Crippen MR) is 114 cm³/mol. The molecule has 0 saturated heterocycles. The number of nitrogens with one attached hydrogen (secondary N) is 1. The lowest BCUT2D eigenvalue weighted by atomic mass is 10.0. The third-order valence-corrected chi connectivity index (χ3v) is 5.22. The van der Waals surface area contributed by atoms with Crippen LogP contribution in [0.15, 0.2) is 54.7 Å². The van der Waals surface area contributed by atoms with Crippen LogP contribution in [-0.4, -0.2) is 11.1 Å². The molecule has 0 aliphatic rings. The Hall–Kier alpha value is -2.69. The van der Waals surface area contributed by atoms with Crippen molar-refractivity contribution in [2.24, 2.45) is 0 Å². The fourth-order valence-electron chi connectivity index (χ4n) is 2.80. The molecule has 2 aromatic carbocycles. The van der Waals surface area contributed by atoms with E-state index >= 15 is 0 Å². The van der Waals surface area contributed by atoms with Crippen molar-refractivity contribution in [1.29, 1.82) is 0 Å². The highest BCUT2D eigenvalue weighted by Crippen LogP contribution is 2.38. The van der Waals surface area contributed by atoms with Gasteiger partial charge >= 0.3 is 18.4 Å². The van der Waals surface area contributed by atoms with Crippen molar-refractivity contribution in [3.63, 3.8) is 0 Å². The fraction of sp³-hybridized carbons (Fsp3) is 0.143. The van der Waals surface area contributed by atoms with Crippen molar-refractivity contribution in [3.05, 3.63) is 92.2 Å². The van der Waals surface area contributed by atoms with E-state index in [0.717, 1.165) is 12.1 Å². The van der Waals surface area contributed by atoms with Crippen LogP contribution in [0.25, 0.3) is 0 Å². The lowest BCUT2D eigenvalue weighted by Gasteiger charge is -2.21. The van der Waals surface area contributed by atoms with Crippen molar-refractivity contribution < 1.29 is 35.9 Å². The van der Waals surface area contributed by atoms with Gasteiger partial charge < -0.3 is 4.74 Å². The maximum atomic E-state index is 13.0. The van der Waals surface area contributed by atoms with Crippen LogP contribution in [-0.2, 0) is 17.1 Å². The molecule has 3 aromatic rings. The van der Waals surface area contributed by atoms with Crippen LogP contribution in [0.3, 0.4) is 0 Å². The van der Waals surface area contributed by atoms with E-state index in [9.17, 15) is 31.1 Å². The summed E-state index contributed by atoms with van der Waals surface area (Å²) in [6.45, 7) is 0. The molecule has 0 fully saturated rings. The van der Waals surface area contributed by atoms with Gasteiger partial charge in [0.25, 0.3) is 0 Å². The third kappa shape index (κ3) is 6.25. The minimum atomic E-state index is -4.73. The van der Waals surface area contributed by atoms with Crippen molar-refractivity contribution in [2.45, 2.75) is 18.5 Å². The first-order valence-corrected chi connectivity index (χ1v) is 10.2. The van der Waals surface area contributed by atoms with Gasteiger partial charge in [-0.05, 0) is 36.4 Å². The standard InChI is InChI=1S/C21H11Cl3F6N2O2/c22-12-4-5-14(15(23)8-12)18(17-16(24)7-11(9-31-17)21(28,29)30)34-19(33)32-13-3-1-2-10(6-13)20(25,26)27/h1-9,18H,(H,32,33)/t18-/m0/s1. The Kier molecular flexibility index (Phi) is 7.54. The number of halogens is 9. The number of benzene rings is 2. The number of anilines is 1. The zero-order valence-electron chi connectivity index (χ0n) is 16.4. The van der Waals surface area contributed by atoms with E-state index in [1.807, 2.05) is 0 Å². The van der Waals surface area contributed by atoms with E-state index in [1.54, 1.807) is 0 Å². The molecule has 0 aliphatic heterocycles. The topological polar surface area (TPSA) is 51.2 Å². The highest BCUT2D eigenvalue weighted by atomic mass is 35.5. The van der Waals surface area contributed by atoms with Crippen molar-refractivity contribution in [2.75, 3.05) is 5.32 Å². The van der Waals surface area contributed by atoms with E-state index < -0.39 is 40.7 Å². The highest BCUT2D eigenvalue weighted by Gasteiger charge is 2.34. The summed E-state index contributed by atoms with van der Waals surface area (Å²) >= 11 is 18.1. The van der Waals surface area contributed by atoms with Gasteiger partial charge in [0.2, 0.25) is 0 Å². The molecule has 1 heterocycles. The second kappa shape index (κ2) is 9.89. The Balaban J connectivity index is 1.96. The third-order valence-electron chi connectivity index (χ3n) is 4.35. The number of pyridine rings is 1. The maximum Gasteiger partial charge on any atom is 0.417 e. The monoisotopic (exact) mass is 542 g/mol. The summed E-state index contributed by atoms with van der Waals surface area (Å²) in [7, 11) is 0. The van der Waals surface area contributed by atoms with E-state index in [2.05, 4.69) is 10.3 Å². The molecule has 1 aromatic heterocycles. The summed E-state index contributed by atoms with van der Waals surface area (Å²) in [5.41, 5.74) is -2.63. The van der Waals surface area contributed by atoms with E-state index in [0.29, 0.717) is 18.3 Å². The van der Waals surface area contributed by atoms with Crippen LogP contribution in [0.1, 0.15) is 28.5 Å². The zero-order chi connectivity index (χ0) is 25.3. The van der Waals surface area contributed by atoms with E-state index in [4.69, 9.17) is 39.5 Å². The molecular weight excluding hydrogens is 533 g/mol. The van der Waals surface area contributed by atoms with E-state index in [-0.39, 0.29) is 27.0 Å². The molecule has 0 aliphatic carbocycles. The molecule has 0 spiro atoms. The first kappa shape index (κ1) is 25.9. The van der Waals surface area contributed by atoms with Crippen molar-refractivity contribution in [1.82, 2.24) is 4.98 Å². The lowest BCUT2D eigenvalue weighted by molar-refractivity contribution is -0.138. The second-order valence-corrected chi connectivity index (χ2v) is 7.99. The van der Waals surface area contributed by atoms with Gasteiger partial charge in [0.1, 0.15) is 5.69 Å². The lowest BCUT2D eigenvalue weighted by Crippen LogP contribution is -2.20. The number of aromatic nitrogens is 1. The van der Waals surface area contributed by atoms with Gasteiger partial charge in [0.05, 0.1) is 16.1 Å². The fourth-order valence-corrected chi connectivity index (χ4v) is 3.58. The number of ether oxygens (including phenoxy) is 1. The van der Waals surface area contributed by atoms with Gasteiger partial charge in [-0.15, -0.1) is 0 Å². The Morgan fingerprint density at radius 1 is 0.882 bits per heavy atom. The van der Waals surface area contributed by atoms with E-state index in [1.165, 1.54) is 24.3 Å². The molecule has 1 N–H and O–H groups in total. The number of carbonyl (C=O) groups is 1. The Labute approximate surface area is 203 Å². The zero-order valence-corrected chi connectivity index (χ0v) is 18.7. The van der Waals surface area contributed by atoms with Gasteiger partial charge in [0, 0.05) is 27.5 Å². The number of amides is 1. The van der Waals surface area contributed by atoms with Gasteiger partial charge in [0.15, 0.2) is 6.10 Å². The molecule has 1 atom stereocenters. The van der Waals surface area contributed by atoms with Gasteiger partial charge in [-0.25, -0.2) is 4.79 Å². The predicted octanol–water partition coefficient (Wildman–Crippen LogP) is 8.42.